The summed E-state index contributed by atoms with van der Waals surface area (Å²) in [5, 5.41) is 12.6. The second-order valence-electron chi connectivity index (χ2n) is 5.03. The number of hydrogen-bond donors (Lipinski definition) is 2. The van der Waals surface area contributed by atoms with E-state index < -0.39 is 0 Å². The van der Waals surface area contributed by atoms with Crippen molar-refractivity contribution in [3.63, 3.8) is 0 Å². The van der Waals surface area contributed by atoms with Crippen LogP contribution in [0.5, 0.6) is 11.5 Å². The van der Waals surface area contributed by atoms with E-state index in [1.807, 2.05) is 49.4 Å². The predicted molar refractivity (Wildman–Crippen MR) is 92.2 cm³/mol. The number of nitrogens with one attached hydrogen (secondary N) is 1. The van der Waals surface area contributed by atoms with Gasteiger partial charge in [-0.1, -0.05) is 29.8 Å². The lowest BCUT2D eigenvalue weighted by Crippen LogP contribution is -2.17. The predicted octanol–water partition coefficient (Wildman–Crippen LogP) is 3.40. The normalized spacial score (nSPS) is 10.6. The SMILES string of the molecule is CCOc1cc(CNCCO)ccc1OCc1cccc(Cl)c1. The molecule has 2 N–H and O–H groups in total. The Bertz CT molecular complexity index is 619. The van der Waals surface area contributed by atoms with E-state index in [1.165, 1.54) is 0 Å². The van der Waals surface area contributed by atoms with Gasteiger partial charge in [0.1, 0.15) is 6.61 Å². The first-order valence-corrected chi connectivity index (χ1v) is 8.05. The molecule has 0 aromatic heterocycles. The van der Waals surface area contributed by atoms with Gasteiger partial charge in [0, 0.05) is 18.1 Å². The van der Waals surface area contributed by atoms with Crippen molar-refractivity contribution in [1.29, 1.82) is 0 Å². The lowest BCUT2D eigenvalue weighted by atomic mass is 10.2. The zero-order valence-corrected chi connectivity index (χ0v) is 14.0. The van der Waals surface area contributed by atoms with Crippen LogP contribution in [0.15, 0.2) is 42.5 Å². The van der Waals surface area contributed by atoms with Crippen LogP contribution in [0.4, 0.5) is 0 Å². The zero-order valence-electron chi connectivity index (χ0n) is 13.2. The van der Waals surface area contributed by atoms with Gasteiger partial charge in [-0.2, -0.15) is 0 Å². The molecule has 5 heteroatoms. The first kappa shape index (κ1) is 17.6. The Labute approximate surface area is 142 Å². The van der Waals surface area contributed by atoms with E-state index in [9.17, 15) is 0 Å². The van der Waals surface area contributed by atoms with Gasteiger partial charge < -0.3 is 19.9 Å². The van der Waals surface area contributed by atoms with Crippen molar-refractivity contribution in [3.8, 4) is 11.5 Å². The molecule has 0 fully saturated rings. The van der Waals surface area contributed by atoms with E-state index in [2.05, 4.69) is 5.32 Å². The van der Waals surface area contributed by atoms with Gasteiger partial charge in [-0.15, -0.1) is 0 Å². The molecular weight excluding hydrogens is 314 g/mol. The summed E-state index contributed by atoms with van der Waals surface area (Å²) >= 11 is 5.98. The van der Waals surface area contributed by atoms with E-state index in [-0.39, 0.29) is 6.61 Å². The van der Waals surface area contributed by atoms with E-state index >= 15 is 0 Å². The van der Waals surface area contributed by atoms with E-state index in [0.717, 1.165) is 16.9 Å². The minimum absolute atomic E-state index is 0.124. The molecule has 0 spiro atoms. The first-order chi connectivity index (χ1) is 11.2. The summed E-state index contributed by atoms with van der Waals surface area (Å²) in [7, 11) is 0. The third-order valence-corrected chi connectivity index (χ3v) is 3.44. The molecule has 2 aromatic carbocycles. The van der Waals surface area contributed by atoms with Gasteiger partial charge in [0.25, 0.3) is 0 Å². The summed E-state index contributed by atoms with van der Waals surface area (Å²) in [4.78, 5) is 0. The highest BCUT2D eigenvalue weighted by atomic mass is 35.5. The van der Waals surface area contributed by atoms with Crippen LogP contribution in [-0.4, -0.2) is 24.9 Å². The molecule has 2 rings (SSSR count). The molecule has 0 radical (unpaired) electrons. The Morgan fingerprint density at radius 3 is 2.65 bits per heavy atom. The van der Waals surface area contributed by atoms with Crippen LogP contribution in [0.25, 0.3) is 0 Å². The van der Waals surface area contributed by atoms with E-state index in [1.54, 1.807) is 0 Å². The molecule has 0 bridgehead atoms. The summed E-state index contributed by atoms with van der Waals surface area (Å²) in [6.45, 7) is 4.31. The van der Waals surface area contributed by atoms with E-state index in [0.29, 0.717) is 37.1 Å². The summed E-state index contributed by atoms with van der Waals surface area (Å²) < 4.78 is 11.5. The summed E-state index contributed by atoms with van der Waals surface area (Å²) in [5.74, 6) is 1.43. The second-order valence-corrected chi connectivity index (χ2v) is 5.47. The third kappa shape index (κ3) is 5.75. The van der Waals surface area contributed by atoms with E-state index in [4.69, 9.17) is 26.2 Å². The van der Waals surface area contributed by atoms with Gasteiger partial charge in [-0.3, -0.25) is 0 Å². The number of halogens is 1. The highest BCUT2D eigenvalue weighted by Crippen LogP contribution is 2.29. The highest BCUT2D eigenvalue weighted by Gasteiger charge is 2.07. The Hall–Kier alpha value is -1.75. The average molecular weight is 336 g/mol. The number of ether oxygens (including phenoxy) is 2. The molecule has 0 aliphatic rings. The highest BCUT2D eigenvalue weighted by molar-refractivity contribution is 6.30. The lowest BCUT2D eigenvalue weighted by Gasteiger charge is -2.14. The van der Waals surface area contributed by atoms with Gasteiger partial charge in [-0.25, -0.2) is 0 Å². The average Bonchev–Trinajstić information content (AvgIpc) is 2.55. The Balaban J connectivity index is 2.04. The largest absolute Gasteiger partial charge is 0.490 e. The maximum atomic E-state index is 8.81. The fourth-order valence-electron chi connectivity index (χ4n) is 2.15. The summed E-state index contributed by atoms with van der Waals surface area (Å²) in [6, 6.07) is 13.5. The number of aliphatic hydroxyl groups excluding tert-OH is 1. The molecule has 4 nitrogen and oxygen atoms in total. The van der Waals surface area contributed by atoms with Crippen molar-refractivity contribution in [3.05, 3.63) is 58.6 Å². The van der Waals surface area contributed by atoms with Crippen LogP contribution in [0.1, 0.15) is 18.1 Å². The van der Waals surface area contributed by atoms with Crippen LogP contribution in [0.3, 0.4) is 0 Å². The first-order valence-electron chi connectivity index (χ1n) is 7.67. The van der Waals surface area contributed by atoms with Crippen LogP contribution < -0.4 is 14.8 Å². The van der Waals surface area contributed by atoms with Crippen LogP contribution in [0, 0.1) is 0 Å². The van der Waals surface area contributed by atoms with Gasteiger partial charge in [-0.05, 0) is 42.3 Å². The number of aliphatic hydroxyl groups is 1. The standard InChI is InChI=1S/C18H22ClNO3/c1-2-22-18-11-14(12-20-8-9-21)6-7-17(18)23-13-15-4-3-5-16(19)10-15/h3-7,10-11,20-21H,2,8-9,12-13H2,1H3. The summed E-state index contributed by atoms with van der Waals surface area (Å²) in [6.07, 6.45) is 0. The Morgan fingerprint density at radius 2 is 1.91 bits per heavy atom. The van der Waals surface area contributed by atoms with Crippen molar-refractivity contribution >= 4 is 11.6 Å². The van der Waals surface area contributed by atoms with Crippen molar-refractivity contribution in [1.82, 2.24) is 5.32 Å². The monoisotopic (exact) mass is 335 g/mol. The third-order valence-electron chi connectivity index (χ3n) is 3.21. The second kappa shape index (κ2) is 9.40. The maximum Gasteiger partial charge on any atom is 0.161 e. The lowest BCUT2D eigenvalue weighted by molar-refractivity contribution is 0.269. The smallest absolute Gasteiger partial charge is 0.161 e. The minimum atomic E-state index is 0.124. The molecule has 23 heavy (non-hydrogen) atoms. The van der Waals surface area contributed by atoms with Crippen LogP contribution in [-0.2, 0) is 13.2 Å². The van der Waals surface area contributed by atoms with Gasteiger partial charge >= 0.3 is 0 Å². The van der Waals surface area contributed by atoms with Crippen LogP contribution in [0.2, 0.25) is 5.02 Å². The molecule has 0 heterocycles. The maximum absolute atomic E-state index is 8.81. The molecule has 2 aromatic rings. The molecule has 0 unspecified atom stereocenters. The minimum Gasteiger partial charge on any atom is -0.490 e. The molecule has 0 saturated carbocycles. The zero-order chi connectivity index (χ0) is 16.5. The topological polar surface area (TPSA) is 50.7 Å². The van der Waals surface area contributed by atoms with Gasteiger partial charge in [0.05, 0.1) is 13.2 Å². The van der Waals surface area contributed by atoms with Crippen molar-refractivity contribution < 1.29 is 14.6 Å². The molecule has 0 saturated heterocycles. The van der Waals surface area contributed by atoms with Crippen LogP contribution >= 0.6 is 11.6 Å². The fourth-order valence-corrected chi connectivity index (χ4v) is 2.36. The quantitative estimate of drug-likeness (QED) is 0.690. The fraction of sp³-hybridized carbons (Fsp3) is 0.333. The molecule has 0 atom stereocenters. The van der Waals surface area contributed by atoms with Crippen molar-refractivity contribution in [2.24, 2.45) is 0 Å². The number of hydrogen-bond acceptors (Lipinski definition) is 4. The molecule has 124 valence electrons. The molecular formula is C18H22ClNO3. The summed E-state index contributed by atoms with van der Waals surface area (Å²) in [5.41, 5.74) is 2.09. The molecule has 0 aliphatic heterocycles. The van der Waals surface area contributed by atoms with Gasteiger partial charge in [0.2, 0.25) is 0 Å². The molecule has 0 aliphatic carbocycles. The number of rotatable bonds is 9. The number of benzene rings is 2. The Morgan fingerprint density at radius 1 is 1.04 bits per heavy atom. The molecule has 0 amide bonds. The van der Waals surface area contributed by atoms with Crippen molar-refractivity contribution in [2.45, 2.75) is 20.1 Å². The van der Waals surface area contributed by atoms with Gasteiger partial charge in [0.15, 0.2) is 11.5 Å². The Kier molecular flexibility index (Phi) is 7.20. The van der Waals surface area contributed by atoms with Crippen molar-refractivity contribution in [2.75, 3.05) is 19.8 Å².